The number of hydrogen-bond acceptors (Lipinski definition) is 6. The summed E-state index contributed by atoms with van der Waals surface area (Å²) in [4.78, 5) is 24.8. The van der Waals surface area contributed by atoms with Crippen LogP contribution < -0.4 is 14.9 Å². The molecule has 1 heterocycles. The number of nitrogens with one attached hydrogen (secondary N) is 2. The first-order valence-corrected chi connectivity index (χ1v) is 12.5. The fourth-order valence-corrected chi connectivity index (χ4v) is 4.65. The van der Waals surface area contributed by atoms with Crippen molar-refractivity contribution in [2.45, 2.75) is 25.9 Å². The molecule has 2 aromatic carbocycles. The normalized spacial score (nSPS) is 14.3. The van der Waals surface area contributed by atoms with Crippen LogP contribution in [0, 0.1) is 6.92 Å². The lowest BCUT2D eigenvalue weighted by atomic mass is 10.0. The van der Waals surface area contributed by atoms with Crippen molar-refractivity contribution in [1.29, 1.82) is 0 Å². The number of aryl methyl sites for hydroxylation is 2. The van der Waals surface area contributed by atoms with E-state index in [4.69, 9.17) is 9.84 Å². The second-order valence-electron chi connectivity index (χ2n) is 7.94. The molecule has 0 saturated heterocycles. The maximum absolute atomic E-state index is 12.4. The predicted octanol–water partition coefficient (Wildman–Crippen LogP) is 1.51. The number of nitrogens with zero attached hydrogens (tertiary/aromatic N) is 1. The zero-order chi connectivity index (χ0) is 24.0. The molecule has 1 atom stereocenters. The monoisotopic (exact) mass is 475 g/mol. The number of ether oxygens (including phenoxy) is 1. The first-order valence-electron chi connectivity index (χ1n) is 10.7. The highest BCUT2D eigenvalue weighted by molar-refractivity contribution is 7.92. The second-order valence-corrected chi connectivity index (χ2v) is 9.85. The Morgan fingerprint density at radius 3 is 2.55 bits per heavy atom. The van der Waals surface area contributed by atoms with E-state index in [0.717, 1.165) is 29.4 Å². The summed E-state index contributed by atoms with van der Waals surface area (Å²) in [6, 6.07) is 12.5. The number of anilines is 2. The van der Waals surface area contributed by atoms with Gasteiger partial charge < -0.3 is 20.5 Å². The third kappa shape index (κ3) is 6.53. The molecule has 33 heavy (non-hydrogen) atoms. The van der Waals surface area contributed by atoms with Gasteiger partial charge in [0.05, 0.1) is 31.3 Å². The molecule has 0 fully saturated rings. The molecule has 0 aliphatic carbocycles. The average Bonchev–Trinajstić information content (AvgIpc) is 2.78. The van der Waals surface area contributed by atoms with Crippen molar-refractivity contribution < 1.29 is 27.9 Å². The minimum atomic E-state index is -3.45. The Labute approximate surface area is 193 Å². The van der Waals surface area contributed by atoms with E-state index in [1.807, 2.05) is 31.2 Å². The highest BCUT2D eigenvalue weighted by atomic mass is 32.2. The van der Waals surface area contributed by atoms with Gasteiger partial charge in [-0.1, -0.05) is 35.9 Å². The number of hydrogen-bond donors (Lipinski definition) is 3. The Bertz CT molecular complexity index is 1100. The van der Waals surface area contributed by atoms with E-state index in [2.05, 4.69) is 10.6 Å². The fraction of sp³-hybridized carbons (Fsp3) is 0.391. The van der Waals surface area contributed by atoms with Gasteiger partial charge >= 0.3 is 11.8 Å². The molecule has 3 N–H and O–H groups in total. The zero-order valence-corrected chi connectivity index (χ0v) is 19.5. The minimum Gasteiger partial charge on any atom is -0.394 e. The number of benzene rings is 2. The molecule has 178 valence electrons. The first kappa shape index (κ1) is 24.7. The topological polar surface area (TPSA) is 125 Å². The van der Waals surface area contributed by atoms with Gasteiger partial charge in [-0.15, -0.1) is 0 Å². The third-order valence-electron chi connectivity index (χ3n) is 5.33. The van der Waals surface area contributed by atoms with Crippen LogP contribution in [0.15, 0.2) is 42.5 Å². The number of aliphatic hydroxyl groups is 1. The van der Waals surface area contributed by atoms with Crippen LogP contribution in [-0.2, 0) is 30.8 Å². The van der Waals surface area contributed by atoms with Crippen LogP contribution in [-0.4, -0.2) is 57.9 Å². The van der Waals surface area contributed by atoms with Crippen molar-refractivity contribution in [2.24, 2.45) is 0 Å². The summed E-state index contributed by atoms with van der Waals surface area (Å²) in [5.74, 6) is -1.72. The average molecular weight is 476 g/mol. The number of carbonyl (C=O) groups excluding carboxylic acids is 2. The maximum Gasteiger partial charge on any atom is 0.313 e. The molecule has 0 aromatic heterocycles. The summed E-state index contributed by atoms with van der Waals surface area (Å²) in [5, 5.41) is 14.2. The number of carbonyl (C=O) groups is 2. The summed E-state index contributed by atoms with van der Waals surface area (Å²) in [7, 11) is -3.45. The number of amides is 2. The lowest BCUT2D eigenvalue weighted by molar-refractivity contribution is -0.136. The van der Waals surface area contributed by atoms with Crippen LogP contribution >= 0.6 is 0 Å². The molecular formula is C23H29N3O6S. The number of rotatable bonds is 8. The van der Waals surface area contributed by atoms with Crippen molar-refractivity contribution >= 4 is 33.2 Å². The first-order chi connectivity index (χ1) is 15.7. The number of fused-ring (bicyclic) bond motifs is 1. The largest absolute Gasteiger partial charge is 0.394 e. The van der Waals surface area contributed by atoms with Crippen molar-refractivity contribution in [3.63, 3.8) is 0 Å². The van der Waals surface area contributed by atoms with Gasteiger partial charge in [0.15, 0.2) is 0 Å². The standard InChI is InChI=1S/C23H29N3O6S/c1-16-5-7-18(8-6-16)21(32-13-12-27)15-24-22(28)23(29)25-19-10-9-17-4-3-11-26(20(17)14-19)33(2,30)31/h5-10,14,21,27H,3-4,11-13,15H2,1-2H3,(H,24,28)(H,25,29). The Balaban J connectivity index is 1.65. The third-order valence-corrected chi connectivity index (χ3v) is 6.51. The summed E-state index contributed by atoms with van der Waals surface area (Å²) < 4.78 is 31.1. The Hall–Kier alpha value is -2.95. The van der Waals surface area contributed by atoms with Gasteiger partial charge in [-0.25, -0.2) is 8.42 Å². The number of sulfonamides is 1. The zero-order valence-electron chi connectivity index (χ0n) is 18.7. The molecular weight excluding hydrogens is 446 g/mol. The lowest BCUT2D eigenvalue weighted by Gasteiger charge is -2.29. The van der Waals surface area contributed by atoms with Crippen LogP contribution in [0.1, 0.15) is 29.2 Å². The van der Waals surface area contributed by atoms with Crippen molar-refractivity contribution in [3.05, 3.63) is 59.2 Å². The molecule has 10 heteroatoms. The second kappa shape index (κ2) is 10.8. The van der Waals surface area contributed by atoms with Crippen LogP contribution in [0.25, 0.3) is 0 Å². The molecule has 2 aromatic rings. The van der Waals surface area contributed by atoms with E-state index >= 15 is 0 Å². The van der Waals surface area contributed by atoms with Gasteiger partial charge in [0, 0.05) is 18.8 Å². The molecule has 1 unspecified atom stereocenters. The molecule has 3 rings (SSSR count). The Kier molecular flexibility index (Phi) is 8.06. The summed E-state index contributed by atoms with van der Waals surface area (Å²) in [6.07, 6.45) is 2.07. The van der Waals surface area contributed by atoms with Gasteiger partial charge in [0.25, 0.3) is 0 Å². The van der Waals surface area contributed by atoms with Crippen molar-refractivity contribution in [1.82, 2.24) is 5.32 Å². The van der Waals surface area contributed by atoms with Gasteiger partial charge in [0.1, 0.15) is 0 Å². The molecule has 0 radical (unpaired) electrons. The predicted molar refractivity (Wildman–Crippen MR) is 126 cm³/mol. The highest BCUT2D eigenvalue weighted by Gasteiger charge is 2.25. The summed E-state index contributed by atoms with van der Waals surface area (Å²) in [6.45, 7) is 2.29. The van der Waals surface area contributed by atoms with E-state index in [-0.39, 0.29) is 19.8 Å². The van der Waals surface area contributed by atoms with Crippen LogP contribution in [0.5, 0.6) is 0 Å². The van der Waals surface area contributed by atoms with E-state index in [1.54, 1.807) is 18.2 Å². The van der Waals surface area contributed by atoms with Gasteiger partial charge in [0.2, 0.25) is 10.0 Å². The van der Waals surface area contributed by atoms with E-state index in [9.17, 15) is 18.0 Å². The van der Waals surface area contributed by atoms with Crippen molar-refractivity contribution in [3.8, 4) is 0 Å². The molecule has 1 aliphatic heterocycles. The molecule has 9 nitrogen and oxygen atoms in total. The Morgan fingerprint density at radius 1 is 1.15 bits per heavy atom. The Morgan fingerprint density at radius 2 is 1.88 bits per heavy atom. The van der Waals surface area contributed by atoms with E-state index in [0.29, 0.717) is 24.3 Å². The van der Waals surface area contributed by atoms with E-state index in [1.165, 1.54) is 4.31 Å². The van der Waals surface area contributed by atoms with Gasteiger partial charge in [-0.2, -0.15) is 0 Å². The molecule has 2 amide bonds. The molecule has 0 spiro atoms. The molecule has 1 aliphatic rings. The van der Waals surface area contributed by atoms with Crippen LogP contribution in [0.4, 0.5) is 11.4 Å². The quantitative estimate of drug-likeness (QED) is 0.497. The van der Waals surface area contributed by atoms with E-state index < -0.39 is 27.9 Å². The SMILES string of the molecule is Cc1ccc(C(CNC(=O)C(=O)Nc2ccc3c(c2)N(S(C)(=O)=O)CCC3)OCCO)cc1. The van der Waals surface area contributed by atoms with Gasteiger partial charge in [-0.05, 0) is 43.0 Å². The van der Waals surface area contributed by atoms with Crippen LogP contribution in [0.3, 0.4) is 0 Å². The molecule has 0 bridgehead atoms. The maximum atomic E-state index is 12.4. The smallest absolute Gasteiger partial charge is 0.313 e. The molecule has 0 saturated carbocycles. The summed E-state index contributed by atoms with van der Waals surface area (Å²) >= 11 is 0. The van der Waals surface area contributed by atoms with Crippen molar-refractivity contribution in [2.75, 3.05) is 42.2 Å². The minimum absolute atomic E-state index is 0.0430. The van der Waals surface area contributed by atoms with Crippen LogP contribution in [0.2, 0.25) is 0 Å². The number of aliphatic hydroxyl groups excluding tert-OH is 1. The summed E-state index contributed by atoms with van der Waals surface area (Å²) in [5.41, 5.74) is 3.60. The van der Waals surface area contributed by atoms with Gasteiger partial charge in [-0.3, -0.25) is 13.9 Å². The highest BCUT2D eigenvalue weighted by Crippen LogP contribution is 2.31. The fourth-order valence-electron chi connectivity index (χ4n) is 3.67. The lowest BCUT2D eigenvalue weighted by Crippen LogP contribution is -2.38.